The monoisotopic (exact) mass is 350 g/mol. The molecule has 4 rings (SSSR count). The van der Waals surface area contributed by atoms with Gasteiger partial charge in [-0.3, -0.25) is 9.20 Å². The molecular weight excluding hydrogens is 328 g/mol. The van der Waals surface area contributed by atoms with Crippen molar-refractivity contribution >= 4 is 11.6 Å². The van der Waals surface area contributed by atoms with Crippen LogP contribution in [0.2, 0.25) is 0 Å². The van der Waals surface area contributed by atoms with Gasteiger partial charge in [-0.25, -0.2) is 9.97 Å². The number of nitrogens with zero attached hydrogens (tertiary/aromatic N) is 3. The predicted molar refractivity (Wildman–Crippen MR) is 97.8 cm³/mol. The Hall–Kier alpha value is -2.73. The van der Waals surface area contributed by atoms with E-state index in [1.165, 1.54) is 0 Å². The Morgan fingerprint density at radius 1 is 1.27 bits per heavy atom. The quantitative estimate of drug-likeness (QED) is 0.550. The summed E-state index contributed by atoms with van der Waals surface area (Å²) < 4.78 is 1.78. The summed E-state index contributed by atoms with van der Waals surface area (Å²) in [6.45, 7) is 3.83. The van der Waals surface area contributed by atoms with E-state index >= 15 is 0 Å². The summed E-state index contributed by atoms with van der Waals surface area (Å²) in [4.78, 5) is 21.7. The van der Waals surface area contributed by atoms with E-state index in [1.807, 2.05) is 44.2 Å². The van der Waals surface area contributed by atoms with Crippen molar-refractivity contribution in [2.24, 2.45) is 0 Å². The van der Waals surface area contributed by atoms with Crippen LogP contribution < -0.4 is 5.32 Å². The molecule has 1 aromatic carbocycles. The number of carbonyl (C=O) groups excluding carboxylic acids is 1. The highest BCUT2D eigenvalue weighted by molar-refractivity contribution is 5.98. The first-order chi connectivity index (χ1) is 12.5. The van der Waals surface area contributed by atoms with E-state index in [9.17, 15) is 9.90 Å². The molecule has 0 fully saturated rings. The summed E-state index contributed by atoms with van der Waals surface area (Å²) in [7, 11) is 0. The molecule has 0 spiro atoms. The van der Waals surface area contributed by atoms with Crippen molar-refractivity contribution in [1.29, 1.82) is 0 Å². The molecule has 2 heterocycles. The summed E-state index contributed by atoms with van der Waals surface area (Å²) >= 11 is 0. The van der Waals surface area contributed by atoms with E-state index in [1.54, 1.807) is 10.7 Å². The predicted octanol–water partition coefficient (Wildman–Crippen LogP) is 2.65. The normalized spacial score (nSPS) is 19.8. The van der Waals surface area contributed by atoms with Crippen molar-refractivity contribution in [3.05, 3.63) is 64.9 Å². The highest BCUT2D eigenvalue weighted by atomic mass is 16.3. The maximum Gasteiger partial charge on any atom is 0.276 e. The molecule has 1 unspecified atom stereocenters. The molecule has 1 atom stereocenters. The Morgan fingerprint density at radius 3 is 2.92 bits per heavy atom. The first-order valence-electron chi connectivity index (χ1n) is 8.92. The maximum absolute atomic E-state index is 13.0. The molecule has 2 N–H and O–H groups in total. The molecule has 26 heavy (non-hydrogen) atoms. The molecule has 134 valence electrons. The third-order valence-corrected chi connectivity index (χ3v) is 5.06. The van der Waals surface area contributed by atoms with Gasteiger partial charge in [0.2, 0.25) is 0 Å². The van der Waals surface area contributed by atoms with E-state index in [-0.39, 0.29) is 5.69 Å². The van der Waals surface area contributed by atoms with E-state index in [2.05, 4.69) is 15.3 Å². The van der Waals surface area contributed by atoms with Gasteiger partial charge in [-0.15, -0.1) is 0 Å². The lowest BCUT2D eigenvalue weighted by atomic mass is 9.95. The minimum atomic E-state index is -1.39. The van der Waals surface area contributed by atoms with E-state index < -0.39 is 11.6 Å². The smallest absolute Gasteiger partial charge is 0.276 e. The van der Waals surface area contributed by atoms with Gasteiger partial charge < -0.3 is 10.4 Å². The van der Waals surface area contributed by atoms with Gasteiger partial charge in [0.05, 0.1) is 0 Å². The zero-order valence-electron chi connectivity index (χ0n) is 15.0. The molecule has 1 aliphatic carbocycles. The highest BCUT2D eigenvalue weighted by Gasteiger charge is 2.35. The number of aryl methyl sites for hydroxylation is 3. The minimum Gasteiger partial charge on any atom is -0.367 e. The van der Waals surface area contributed by atoms with Crippen LogP contribution in [-0.4, -0.2) is 25.4 Å². The van der Waals surface area contributed by atoms with Gasteiger partial charge >= 0.3 is 0 Å². The van der Waals surface area contributed by atoms with Gasteiger partial charge in [0.15, 0.2) is 17.1 Å². The molecule has 3 aromatic rings. The molecule has 6 nitrogen and oxygen atoms in total. The van der Waals surface area contributed by atoms with Gasteiger partial charge in [-0.05, 0) is 51.2 Å². The van der Waals surface area contributed by atoms with Crippen molar-refractivity contribution in [1.82, 2.24) is 19.7 Å². The molecule has 0 saturated heterocycles. The molecule has 2 aromatic heterocycles. The average Bonchev–Trinajstić information content (AvgIpc) is 2.96. The van der Waals surface area contributed by atoms with Crippen molar-refractivity contribution < 1.29 is 9.90 Å². The lowest BCUT2D eigenvalue weighted by Crippen LogP contribution is -2.46. The number of fused-ring (bicyclic) bond motifs is 2. The third-order valence-electron chi connectivity index (χ3n) is 5.06. The summed E-state index contributed by atoms with van der Waals surface area (Å²) in [5, 5.41) is 14.1. The van der Waals surface area contributed by atoms with Gasteiger partial charge in [-0.2, -0.15) is 0 Å². The maximum atomic E-state index is 13.0. The Kier molecular flexibility index (Phi) is 4.00. The molecular formula is C20H22N4O2. The number of carbonyl (C=O) groups is 1. The van der Waals surface area contributed by atoms with Crippen molar-refractivity contribution in [2.75, 3.05) is 0 Å². The number of amides is 1. The van der Waals surface area contributed by atoms with Crippen molar-refractivity contribution in [2.45, 2.75) is 45.3 Å². The van der Waals surface area contributed by atoms with Gasteiger partial charge in [0.25, 0.3) is 5.91 Å². The lowest BCUT2D eigenvalue weighted by molar-refractivity contribution is -0.00451. The van der Waals surface area contributed by atoms with Gasteiger partial charge in [-0.1, -0.05) is 24.3 Å². The van der Waals surface area contributed by atoms with Crippen LogP contribution in [0.25, 0.3) is 5.65 Å². The fourth-order valence-electron chi connectivity index (χ4n) is 3.79. The van der Waals surface area contributed by atoms with Crippen LogP contribution in [0.15, 0.2) is 36.7 Å². The van der Waals surface area contributed by atoms with E-state index in [0.717, 1.165) is 41.8 Å². The molecule has 1 amide bonds. The largest absolute Gasteiger partial charge is 0.367 e. The van der Waals surface area contributed by atoms with Gasteiger partial charge in [0.1, 0.15) is 6.33 Å². The summed E-state index contributed by atoms with van der Waals surface area (Å²) in [6.07, 6.45) is 4.81. The van der Waals surface area contributed by atoms with Crippen LogP contribution in [0.5, 0.6) is 0 Å². The van der Waals surface area contributed by atoms with E-state index in [0.29, 0.717) is 12.1 Å². The van der Waals surface area contributed by atoms with Crippen LogP contribution in [0.3, 0.4) is 0 Å². The molecule has 6 heteroatoms. The first-order valence-corrected chi connectivity index (χ1v) is 8.92. The Labute approximate surface area is 151 Å². The molecule has 0 radical (unpaired) electrons. The number of nitrogens with one attached hydrogen (secondary N) is 1. The second-order valence-corrected chi connectivity index (χ2v) is 7.00. The minimum absolute atomic E-state index is 0.229. The summed E-state index contributed by atoms with van der Waals surface area (Å²) in [5.74, 6) is -0.413. The number of benzene rings is 1. The standard InChI is InChI=1S/C20H22N4O2/c1-13-11-14(2)24-12-21-17(18(24)22-13)19(25)23-20(26)10-6-5-8-15-7-3-4-9-16(15)20/h3-4,7,9,11-12,26H,5-6,8,10H2,1-2H3,(H,23,25). The van der Waals surface area contributed by atoms with Crippen LogP contribution in [0.4, 0.5) is 0 Å². The number of imidazole rings is 1. The molecule has 1 aliphatic rings. The van der Waals surface area contributed by atoms with Crippen LogP contribution in [0.1, 0.15) is 52.3 Å². The zero-order chi connectivity index (χ0) is 18.3. The fourth-order valence-corrected chi connectivity index (χ4v) is 3.79. The Balaban J connectivity index is 1.73. The average molecular weight is 350 g/mol. The van der Waals surface area contributed by atoms with Crippen molar-refractivity contribution in [3.8, 4) is 0 Å². The van der Waals surface area contributed by atoms with Crippen molar-refractivity contribution in [3.63, 3.8) is 0 Å². The Bertz CT molecular complexity index is 995. The van der Waals surface area contributed by atoms with E-state index in [4.69, 9.17) is 0 Å². The number of aromatic nitrogens is 3. The highest BCUT2D eigenvalue weighted by Crippen LogP contribution is 2.32. The Morgan fingerprint density at radius 2 is 2.08 bits per heavy atom. The number of aliphatic hydroxyl groups is 1. The third kappa shape index (κ3) is 2.76. The first kappa shape index (κ1) is 16.7. The lowest BCUT2D eigenvalue weighted by Gasteiger charge is -2.29. The molecule has 0 aliphatic heterocycles. The molecule has 0 bridgehead atoms. The number of hydrogen-bond acceptors (Lipinski definition) is 4. The molecule has 0 saturated carbocycles. The second-order valence-electron chi connectivity index (χ2n) is 7.00. The topological polar surface area (TPSA) is 79.5 Å². The second kappa shape index (κ2) is 6.21. The summed E-state index contributed by atoms with van der Waals surface area (Å²) in [6, 6.07) is 9.69. The number of hydrogen-bond donors (Lipinski definition) is 2. The van der Waals surface area contributed by atoms with Crippen LogP contribution in [-0.2, 0) is 12.1 Å². The number of rotatable bonds is 2. The van der Waals surface area contributed by atoms with Crippen LogP contribution in [0, 0.1) is 13.8 Å². The van der Waals surface area contributed by atoms with Crippen LogP contribution >= 0.6 is 0 Å². The van der Waals surface area contributed by atoms with Gasteiger partial charge in [0, 0.05) is 17.0 Å². The summed E-state index contributed by atoms with van der Waals surface area (Å²) in [5.41, 5.74) is 2.97. The zero-order valence-corrected chi connectivity index (χ0v) is 15.0. The SMILES string of the molecule is Cc1cc(C)n2cnc(C(=O)NC3(O)CCCCc4ccccc43)c2n1. The fraction of sp³-hybridized carbons (Fsp3) is 0.350.